The normalized spacial score (nSPS) is 12.7. The zero-order valence-electron chi connectivity index (χ0n) is 8.19. The van der Waals surface area contributed by atoms with Crippen molar-refractivity contribution in [2.45, 2.75) is 11.9 Å². The monoisotopic (exact) mass is 231 g/mol. The number of nitrogens with two attached hydrogens (primary N) is 1. The van der Waals surface area contributed by atoms with Crippen LogP contribution in [0.4, 0.5) is 10.1 Å². The first-order chi connectivity index (χ1) is 7.15. The van der Waals surface area contributed by atoms with Gasteiger partial charge in [0.15, 0.2) is 0 Å². The highest BCUT2D eigenvalue weighted by molar-refractivity contribution is 7.98. The Morgan fingerprint density at radius 2 is 2.20 bits per heavy atom. The van der Waals surface area contributed by atoms with Crippen LogP contribution in [-0.2, 0) is 5.75 Å². The van der Waals surface area contributed by atoms with Crippen molar-refractivity contribution in [3.05, 3.63) is 29.6 Å². The third-order valence-electron chi connectivity index (χ3n) is 1.92. The predicted molar refractivity (Wildman–Crippen MR) is 60.1 cm³/mol. The zero-order chi connectivity index (χ0) is 11.3. The lowest BCUT2D eigenvalue weighted by Gasteiger charge is -2.08. The number of rotatable bonds is 5. The summed E-state index contributed by atoms with van der Waals surface area (Å²) in [6.07, 6.45) is -0.761. The fourth-order valence-corrected chi connectivity index (χ4v) is 2.08. The Kier molecular flexibility index (Phi) is 4.87. The number of benzene rings is 1. The van der Waals surface area contributed by atoms with Gasteiger partial charge in [0.1, 0.15) is 5.82 Å². The number of aliphatic hydroxyl groups excluding tert-OH is 2. The number of hydrogen-bond donors (Lipinski definition) is 3. The molecule has 15 heavy (non-hydrogen) atoms. The van der Waals surface area contributed by atoms with Crippen LogP contribution in [0.1, 0.15) is 5.56 Å². The Bertz CT molecular complexity index is 302. The molecule has 1 aromatic carbocycles. The van der Waals surface area contributed by atoms with Gasteiger partial charge in [-0.1, -0.05) is 6.07 Å². The quantitative estimate of drug-likeness (QED) is 0.661. The molecular weight excluding hydrogens is 217 g/mol. The number of nitrogen functional groups attached to an aromatic ring is 1. The molecule has 1 unspecified atom stereocenters. The number of aliphatic hydroxyl groups is 2. The van der Waals surface area contributed by atoms with Crippen LogP contribution in [0.2, 0.25) is 0 Å². The molecule has 1 atom stereocenters. The first kappa shape index (κ1) is 12.3. The average Bonchev–Trinajstić information content (AvgIpc) is 2.22. The highest BCUT2D eigenvalue weighted by Crippen LogP contribution is 2.21. The summed E-state index contributed by atoms with van der Waals surface area (Å²) in [5, 5.41) is 17.7. The molecule has 0 bridgehead atoms. The maximum Gasteiger partial charge on any atom is 0.129 e. The minimum absolute atomic E-state index is 0.278. The zero-order valence-corrected chi connectivity index (χ0v) is 9.01. The van der Waals surface area contributed by atoms with E-state index in [9.17, 15) is 4.39 Å². The molecule has 0 aliphatic heterocycles. The molecule has 0 radical (unpaired) electrons. The van der Waals surface area contributed by atoms with Gasteiger partial charge in [-0.2, -0.15) is 11.8 Å². The second-order valence-corrected chi connectivity index (χ2v) is 4.19. The van der Waals surface area contributed by atoms with Crippen molar-refractivity contribution in [2.75, 3.05) is 18.1 Å². The number of anilines is 1. The maximum atomic E-state index is 13.3. The van der Waals surface area contributed by atoms with E-state index in [0.29, 0.717) is 22.8 Å². The van der Waals surface area contributed by atoms with Crippen LogP contribution in [0.15, 0.2) is 18.2 Å². The third kappa shape index (κ3) is 3.70. The molecule has 0 aromatic heterocycles. The fraction of sp³-hybridized carbons (Fsp3) is 0.400. The maximum absolute atomic E-state index is 13.3. The van der Waals surface area contributed by atoms with Gasteiger partial charge in [0, 0.05) is 22.8 Å². The Labute approximate surface area is 92.1 Å². The van der Waals surface area contributed by atoms with Crippen molar-refractivity contribution >= 4 is 17.4 Å². The summed E-state index contributed by atoms with van der Waals surface area (Å²) in [7, 11) is 0. The largest absolute Gasteiger partial charge is 0.398 e. The van der Waals surface area contributed by atoms with E-state index in [0.717, 1.165) is 0 Å². The molecule has 1 rings (SSSR count). The summed E-state index contributed by atoms with van der Waals surface area (Å²) in [6, 6.07) is 4.55. The van der Waals surface area contributed by atoms with Crippen LogP contribution < -0.4 is 5.73 Å². The summed E-state index contributed by atoms with van der Waals surface area (Å²) in [6.45, 7) is -0.278. The van der Waals surface area contributed by atoms with E-state index >= 15 is 0 Å². The van der Waals surface area contributed by atoms with Crippen LogP contribution in [0.5, 0.6) is 0 Å². The molecule has 0 saturated carbocycles. The van der Waals surface area contributed by atoms with Gasteiger partial charge in [0.2, 0.25) is 0 Å². The highest BCUT2D eigenvalue weighted by atomic mass is 32.2. The Hall–Kier alpha value is -0.780. The molecule has 0 heterocycles. The molecule has 3 nitrogen and oxygen atoms in total. The van der Waals surface area contributed by atoms with Crippen LogP contribution in [0, 0.1) is 5.82 Å². The Morgan fingerprint density at radius 3 is 2.80 bits per heavy atom. The van der Waals surface area contributed by atoms with Gasteiger partial charge in [-0.15, -0.1) is 0 Å². The molecule has 84 valence electrons. The van der Waals surface area contributed by atoms with Crippen LogP contribution in [-0.4, -0.2) is 28.7 Å². The van der Waals surface area contributed by atoms with Gasteiger partial charge in [-0.25, -0.2) is 4.39 Å². The van der Waals surface area contributed by atoms with Crippen molar-refractivity contribution in [3.63, 3.8) is 0 Å². The summed E-state index contributed by atoms with van der Waals surface area (Å²) in [4.78, 5) is 0. The van der Waals surface area contributed by atoms with Crippen LogP contribution in [0.3, 0.4) is 0 Å². The predicted octanol–water partition coefficient (Wildman–Crippen LogP) is 0.994. The molecule has 4 N–H and O–H groups in total. The van der Waals surface area contributed by atoms with E-state index in [4.69, 9.17) is 15.9 Å². The minimum Gasteiger partial charge on any atom is -0.398 e. The van der Waals surface area contributed by atoms with Gasteiger partial charge >= 0.3 is 0 Å². The molecule has 0 saturated heterocycles. The minimum atomic E-state index is -0.761. The first-order valence-corrected chi connectivity index (χ1v) is 5.70. The average molecular weight is 231 g/mol. The molecule has 0 fully saturated rings. The molecule has 0 aliphatic rings. The standard InChI is InChI=1S/C10H14FNO2S/c11-9-2-1-3-10(12)8(9)6-15-5-7(14)4-13/h1-3,7,13-14H,4-6,12H2. The van der Waals surface area contributed by atoms with Gasteiger partial charge in [-0.3, -0.25) is 0 Å². The highest BCUT2D eigenvalue weighted by Gasteiger charge is 2.07. The van der Waals surface area contributed by atoms with E-state index in [1.54, 1.807) is 12.1 Å². The van der Waals surface area contributed by atoms with Crippen molar-refractivity contribution in [3.8, 4) is 0 Å². The number of hydrogen-bond acceptors (Lipinski definition) is 4. The van der Waals surface area contributed by atoms with Gasteiger partial charge in [-0.05, 0) is 12.1 Å². The summed E-state index contributed by atoms with van der Waals surface area (Å²) in [5.41, 5.74) is 6.47. The summed E-state index contributed by atoms with van der Waals surface area (Å²) >= 11 is 1.34. The Balaban J connectivity index is 2.50. The number of halogens is 1. The van der Waals surface area contributed by atoms with Gasteiger partial charge < -0.3 is 15.9 Å². The lowest BCUT2D eigenvalue weighted by atomic mass is 10.2. The number of thioether (sulfide) groups is 1. The molecule has 0 amide bonds. The molecule has 0 aliphatic carbocycles. The lowest BCUT2D eigenvalue weighted by molar-refractivity contribution is 0.113. The molecular formula is C10H14FNO2S. The van der Waals surface area contributed by atoms with Crippen molar-refractivity contribution in [2.24, 2.45) is 0 Å². The van der Waals surface area contributed by atoms with Crippen molar-refractivity contribution < 1.29 is 14.6 Å². The van der Waals surface area contributed by atoms with Crippen LogP contribution in [0.25, 0.3) is 0 Å². The van der Waals surface area contributed by atoms with Gasteiger partial charge in [0.25, 0.3) is 0 Å². The molecule has 1 aromatic rings. The van der Waals surface area contributed by atoms with Gasteiger partial charge in [0.05, 0.1) is 12.7 Å². The molecule has 5 heteroatoms. The van der Waals surface area contributed by atoms with E-state index in [-0.39, 0.29) is 12.4 Å². The topological polar surface area (TPSA) is 66.5 Å². The van der Waals surface area contributed by atoms with E-state index < -0.39 is 6.10 Å². The van der Waals surface area contributed by atoms with Crippen molar-refractivity contribution in [1.29, 1.82) is 0 Å². The van der Waals surface area contributed by atoms with Crippen molar-refractivity contribution in [1.82, 2.24) is 0 Å². The third-order valence-corrected chi connectivity index (χ3v) is 3.04. The SMILES string of the molecule is Nc1cccc(F)c1CSCC(O)CO. The van der Waals surface area contributed by atoms with Crippen LogP contribution >= 0.6 is 11.8 Å². The molecule has 0 spiro atoms. The van der Waals surface area contributed by atoms with E-state index in [1.807, 2.05) is 0 Å². The summed E-state index contributed by atoms with van der Waals surface area (Å²) in [5.74, 6) is 0.431. The first-order valence-electron chi connectivity index (χ1n) is 4.54. The van der Waals surface area contributed by atoms with E-state index in [1.165, 1.54) is 17.8 Å². The fourth-order valence-electron chi connectivity index (χ4n) is 1.08. The Morgan fingerprint density at radius 1 is 1.47 bits per heavy atom. The summed E-state index contributed by atoms with van der Waals surface area (Å²) < 4.78 is 13.3. The second kappa shape index (κ2) is 5.95. The lowest BCUT2D eigenvalue weighted by Crippen LogP contribution is -2.14. The van der Waals surface area contributed by atoms with E-state index in [2.05, 4.69) is 0 Å². The smallest absolute Gasteiger partial charge is 0.129 e. The second-order valence-electron chi connectivity index (χ2n) is 3.16.